The topological polar surface area (TPSA) is 84.0 Å². The molecule has 7 nitrogen and oxygen atoms in total. The number of nitrogens with one attached hydrogen (secondary N) is 1. The molecule has 1 fully saturated rings. The Bertz CT molecular complexity index is 1050. The third kappa shape index (κ3) is 5.14. The molecule has 3 heterocycles. The number of piperidine rings is 1. The van der Waals surface area contributed by atoms with Gasteiger partial charge in [-0.2, -0.15) is 0 Å². The van der Waals surface area contributed by atoms with Gasteiger partial charge in [-0.15, -0.1) is 0 Å². The number of hydrogen-bond donors (Lipinski definition) is 1. The van der Waals surface area contributed by atoms with E-state index in [0.717, 1.165) is 37.2 Å². The Labute approximate surface area is 200 Å². The molecule has 0 bridgehead atoms. The highest BCUT2D eigenvalue weighted by Gasteiger charge is 2.43. The van der Waals surface area contributed by atoms with E-state index < -0.39 is 29.9 Å². The molecule has 2 aromatic rings. The van der Waals surface area contributed by atoms with Crippen LogP contribution in [0.1, 0.15) is 56.4 Å². The van der Waals surface area contributed by atoms with E-state index in [9.17, 15) is 9.59 Å². The van der Waals surface area contributed by atoms with Crippen molar-refractivity contribution in [2.24, 2.45) is 10.9 Å². The zero-order chi connectivity index (χ0) is 24.1. The minimum absolute atomic E-state index is 0.392. The Kier molecular flexibility index (Phi) is 7.63. The van der Waals surface area contributed by atoms with Gasteiger partial charge in [0.2, 0.25) is 0 Å². The third-order valence-electron chi connectivity index (χ3n) is 6.75. The number of methoxy groups -OCH3 is 1. The van der Waals surface area contributed by atoms with Crippen LogP contribution in [0.4, 0.5) is 0 Å². The first-order chi connectivity index (χ1) is 16.5. The number of carbonyl (C=O) groups is 2. The van der Waals surface area contributed by atoms with Crippen molar-refractivity contribution in [1.82, 2.24) is 9.88 Å². The molecule has 0 amide bonds. The zero-order valence-electron chi connectivity index (χ0n) is 20.1. The second-order valence-electron chi connectivity index (χ2n) is 9.02. The highest BCUT2D eigenvalue weighted by molar-refractivity contribution is 6.06. The van der Waals surface area contributed by atoms with E-state index in [0.29, 0.717) is 23.5 Å². The average Bonchev–Trinajstić information content (AvgIpc) is 3.38. The fourth-order valence-corrected chi connectivity index (χ4v) is 5.06. The number of allylic oxidation sites excluding steroid dienone is 1. The summed E-state index contributed by atoms with van der Waals surface area (Å²) in [4.78, 5) is 36.6. The second kappa shape index (κ2) is 10.8. The maximum absolute atomic E-state index is 13.8. The highest BCUT2D eigenvalue weighted by atomic mass is 16.5. The van der Waals surface area contributed by atoms with Gasteiger partial charge in [-0.1, -0.05) is 36.8 Å². The number of aromatic nitrogens is 1. The van der Waals surface area contributed by atoms with E-state index in [1.54, 1.807) is 20.0 Å². The molecule has 1 aromatic heterocycles. The minimum Gasteiger partial charge on any atom is -0.468 e. The first kappa shape index (κ1) is 24.0. The van der Waals surface area contributed by atoms with Gasteiger partial charge >= 0.3 is 11.9 Å². The molecule has 1 aromatic carbocycles. The molecule has 1 N–H and O–H groups in total. The summed E-state index contributed by atoms with van der Waals surface area (Å²) >= 11 is 0. The molecule has 1 saturated heterocycles. The molecule has 34 heavy (non-hydrogen) atoms. The van der Waals surface area contributed by atoms with Crippen LogP contribution in [0.3, 0.4) is 0 Å². The van der Waals surface area contributed by atoms with Crippen LogP contribution >= 0.6 is 0 Å². The summed E-state index contributed by atoms with van der Waals surface area (Å²) in [6, 6.07) is 13.6. The molecule has 3 atom stereocenters. The van der Waals surface area contributed by atoms with Crippen LogP contribution < -0.4 is 0 Å². The normalized spacial score (nSPS) is 22.1. The van der Waals surface area contributed by atoms with Gasteiger partial charge in [-0.25, -0.2) is 4.79 Å². The van der Waals surface area contributed by atoms with Crippen LogP contribution in [0.15, 0.2) is 64.9 Å². The molecule has 4 rings (SSSR count). The first-order valence-corrected chi connectivity index (χ1v) is 11.9. The number of esters is 2. The van der Waals surface area contributed by atoms with E-state index in [2.05, 4.69) is 14.9 Å². The number of H-pyrrole nitrogens is 1. The lowest BCUT2D eigenvalue weighted by molar-refractivity contribution is -0.147. The zero-order valence-corrected chi connectivity index (χ0v) is 20.1. The number of hydrogen-bond acceptors (Lipinski definition) is 6. The second-order valence-corrected chi connectivity index (χ2v) is 9.02. The van der Waals surface area contributed by atoms with Crippen molar-refractivity contribution in [3.63, 3.8) is 0 Å². The Morgan fingerprint density at radius 1 is 1.09 bits per heavy atom. The average molecular weight is 464 g/mol. The fourth-order valence-electron chi connectivity index (χ4n) is 5.06. The van der Waals surface area contributed by atoms with Crippen LogP contribution in [-0.4, -0.2) is 54.3 Å². The number of rotatable bonds is 7. The van der Waals surface area contributed by atoms with Crippen molar-refractivity contribution in [3.05, 3.63) is 71.2 Å². The van der Waals surface area contributed by atoms with Crippen molar-refractivity contribution in [2.75, 3.05) is 26.7 Å². The Hall–Kier alpha value is -3.19. The quantitative estimate of drug-likeness (QED) is 0.615. The van der Waals surface area contributed by atoms with Gasteiger partial charge in [0.05, 0.1) is 18.6 Å². The summed E-state index contributed by atoms with van der Waals surface area (Å²) in [6.07, 6.45) is 4.92. The summed E-state index contributed by atoms with van der Waals surface area (Å²) in [6.45, 7) is 6.24. The molecule has 0 saturated carbocycles. The van der Waals surface area contributed by atoms with Crippen LogP contribution in [0, 0.1) is 5.92 Å². The largest absolute Gasteiger partial charge is 0.468 e. The smallest absolute Gasteiger partial charge is 0.337 e. The van der Waals surface area contributed by atoms with Crippen molar-refractivity contribution in [3.8, 4) is 0 Å². The van der Waals surface area contributed by atoms with Gasteiger partial charge in [0.25, 0.3) is 0 Å². The number of carbonyl (C=O) groups excluding carboxylic acids is 2. The number of benzene rings is 1. The number of aromatic amines is 1. The highest BCUT2D eigenvalue weighted by Crippen LogP contribution is 2.40. The molecule has 0 aliphatic carbocycles. The Balaban J connectivity index is 1.67. The maximum atomic E-state index is 13.8. The molecule has 7 heteroatoms. The van der Waals surface area contributed by atoms with Crippen LogP contribution in [0.5, 0.6) is 0 Å². The first-order valence-electron chi connectivity index (χ1n) is 11.9. The van der Waals surface area contributed by atoms with Gasteiger partial charge in [-0.3, -0.25) is 14.7 Å². The number of nitrogens with zero attached hydrogens (tertiary/aromatic N) is 2. The van der Waals surface area contributed by atoms with E-state index in [1.807, 2.05) is 42.5 Å². The van der Waals surface area contributed by atoms with Gasteiger partial charge in [0.15, 0.2) is 0 Å². The molecule has 0 radical (unpaired) electrons. The molecular weight excluding hydrogens is 430 g/mol. The fraction of sp³-hybridized carbons (Fsp3) is 0.444. The van der Waals surface area contributed by atoms with Gasteiger partial charge < -0.3 is 14.5 Å². The van der Waals surface area contributed by atoms with Gasteiger partial charge in [-0.05, 0) is 57.5 Å². The van der Waals surface area contributed by atoms with Crippen LogP contribution in [0.25, 0.3) is 0 Å². The molecule has 3 unspecified atom stereocenters. The molecular formula is C27H33N3O4. The molecule has 2 aliphatic heterocycles. The molecule has 2 aliphatic rings. The Morgan fingerprint density at radius 3 is 2.47 bits per heavy atom. The van der Waals surface area contributed by atoms with Crippen molar-refractivity contribution in [1.29, 1.82) is 0 Å². The lowest BCUT2D eigenvalue weighted by Gasteiger charge is -2.33. The van der Waals surface area contributed by atoms with Crippen molar-refractivity contribution < 1.29 is 19.1 Å². The molecule has 180 valence electrons. The van der Waals surface area contributed by atoms with E-state index in [-0.39, 0.29) is 0 Å². The summed E-state index contributed by atoms with van der Waals surface area (Å²) < 4.78 is 11.3. The summed E-state index contributed by atoms with van der Waals surface area (Å²) in [5, 5.41) is 0. The van der Waals surface area contributed by atoms with Crippen molar-refractivity contribution in [2.45, 2.75) is 45.1 Å². The number of aliphatic imine (C=N–C) groups is 1. The SMILES string of the molecule is COC(=O)C1C(C)=NC(C)=C(C(=O)OC(CN2CCCCC2)c2ccccc2)C1c1ccc[nH]1. The lowest BCUT2D eigenvalue weighted by atomic mass is 9.78. The van der Waals surface area contributed by atoms with E-state index in [1.165, 1.54) is 13.5 Å². The predicted molar refractivity (Wildman–Crippen MR) is 130 cm³/mol. The standard InChI is InChI=1S/C27H33N3O4/c1-18-23(26(31)33-3)25(21-13-10-14-28-21)24(19(2)29-18)27(32)34-22(20-11-6-4-7-12-20)17-30-15-8-5-9-16-30/h4,6-7,10-14,22-23,25,28H,5,8-9,15-17H2,1-3H3. The molecule has 0 spiro atoms. The van der Waals surface area contributed by atoms with Crippen LogP contribution in [0.2, 0.25) is 0 Å². The predicted octanol–water partition coefficient (Wildman–Crippen LogP) is 4.41. The van der Waals surface area contributed by atoms with E-state index in [4.69, 9.17) is 9.47 Å². The van der Waals surface area contributed by atoms with Gasteiger partial charge in [0, 0.05) is 29.8 Å². The maximum Gasteiger partial charge on any atom is 0.337 e. The monoisotopic (exact) mass is 463 g/mol. The summed E-state index contributed by atoms with van der Waals surface area (Å²) in [5.41, 5.74) is 3.28. The van der Waals surface area contributed by atoms with Crippen molar-refractivity contribution >= 4 is 17.7 Å². The van der Waals surface area contributed by atoms with Crippen LogP contribution in [-0.2, 0) is 19.1 Å². The summed E-state index contributed by atoms with van der Waals surface area (Å²) in [7, 11) is 1.36. The number of likely N-dealkylation sites (tertiary alicyclic amines) is 1. The third-order valence-corrected chi connectivity index (χ3v) is 6.75. The Morgan fingerprint density at radius 2 is 1.82 bits per heavy atom. The summed E-state index contributed by atoms with van der Waals surface area (Å²) in [5.74, 6) is -2.13. The lowest BCUT2D eigenvalue weighted by Crippen LogP contribution is -2.38. The minimum atomic E-state index is -0.702. The number of ether oxygens (including phenoxy) is 2. The van der Waals surface area contributed by atoms with Gasteiger partial charge in [0.1, 0.15) is 12.0 Å². The van der Waals surface area contributed by atoms with E-state index >= 15 is 0 Å².